The van der Waals surface area contributed by atoms with Gasteiger partial charge in [-0.05, 0) is 93.0 Å². The van der Waals surface area contributed by atoms with E-state index in [-0.39, 0.29) is 11.4 Å². The minimum atomic E-state index is -0.00159. The minimum absolute atomic E-state index is 0.00159. The molecule has 6 rings (SSSR count). The first-order valence-electron chi connectivity index (χ1n) is 10.3. The van der Waals surface area contributed by atoms with E-state index in [1.165, 1.54) is 38.5 Å². The van der Waals surface area contributed by atoms with Crippen molar-refractivity contribution in [1.29, 1.82) is 0 Å². The third-order valence-corrected chi connectivity index (χ3v) is 7.32. The summed E-state index contributed by atoms with van der Waals surface area (Å²) in [5.41, 5.74) is 2.02. The van der Waals surface area contributed by atoms with E-state index < -0.39 is 0 Å². The highest BCUT2D eigenvalue weighted by molar-refractivity contribution is 6.31. The molecule has 3 nitrogen and oxygen atoms in total. The lowest BCUT2D eigenvalue weighted by atomic mass is 9.53. The molecule has 0 spiro atoms. The number of amides is 1. The van der Waals surface area contributed by atoms with Crippen molar-refractivity contribution in [2.75, 3.05) is 0 Å². The zero-order chi connectivity index (χ0) is 19.3. The number of benzene rings is 1. The zero-order valence-electron chi connectivity index (χ0n) is 16.2. The topological polar surface area (TPSA) is 42.2 Å². The summed E-state index contributed by atoms with van der Waals surface area (Å²) in [5.74, 6) is 3.90. The number of furan rings is 1. The van der Waals surface area contributed by atoms with Gasteiger partial charge < -0.3 is 9.73 Å². The molecule has 1 aromatic heterocycles. The van der Waals surface area contributed by atoms with Crippen LogP contribution >= 0.6 is 11.6 Å². The van der Waals surface area contributed by atoms with Crippen molar-refractivity contribution in [3.05, 3.63) is 52.8 Å². The largest absolute Gasteiger partial charge is 0.457 e. The Morgan fingerprint density at radius 1 is 1.11 bits per heavy atom. The van der Waals surface area contributed by atoms with Crippen LogP contribution in [0.3, 0.4) is 0 Å². The van der Waals surface area contributed by atoms with Gasteiger partial charge in [-0.3, -0.25) is 4.79 Å². The molecule has 0 saturated heterocycles. The number of nitrogens with one attached hydrogen (secondary N) is 1. The van der Waals surface area contributed by atoms with Crippen LogP contribution in [0.25, 0.3) is 17.4 Å². The Hall–Kier alpha value is -2.00. The molecule has 1 amide bonds. The van der Waals surface area contributed by atoms with Crippen molar-refractivity contribution in [2.24, 2.45) is 17.8 Å². The maximum Gasteiger partial charge on any atom is 0.244 e. The molecule has 1 aromatic carbocycles. The Balaban J connectivity index is 1.26. The van der Waals surface area contributed by atoms with E-state index >= 15 is 0 Å². The van der Waals surface area contributed by atoms with Crippen molar-refractivity contribution in [3.63, 3.8) is 0 Å². The average Bonchev–Trinajstić information content (AvgIpc) is 3.10. The van der Waals surface area contributed by atoms with Gasteiger partial charge in [0, 0.05) is 22.2 Å². The predicted octanol–water partition coefficient (Wildman–Crippen LogP) is 6.01. The SMILES string of the molecule is Cc1ccc(-c2ccc(/C=C/C(=O)NC34CC5CC(CC(C5)C3)C4)o2)cc1Cl. The molecule has 4 aliphatic rings. The van der Waals surface area contributed by atoms with E-state index in [1.807, 2.05) is 37.3 Å². The first kappa shape index (κ1) is 18.1. The average molecular weight is 396 g/mol. The molecule has 0 unspecified atom stereocenters. The predicted molar refractivity (Wildman–Crippen MR) is 112 cm³/mol. The van der Waals surface area contributed by atoms with Crippen molar-refractivity contribution in [2.45, 2.75) is 51.0 Å². The van der Waals surface area contributed by atoms with Crippen LogP contribution in [0, 0.1) is 24.7 Å². The van der Waals surface area contributed by atoms with Crippen molar-refractivity contribution >= 4 is 23.6 Å². The van der Waals surface area contributed by atoms with E-state index in [0.29, 0.717) is 5.76 Å². The molecule has 1 heterocycles. The van der Waals surface area contributed by atoms with E-state index in [1.54, 1.807) is 12.2 Å². The van der Waals surface area contributed by atoms with Crippen LogP contribution in [-0.4, -0.2) is 11.4 Å². The van der Waals surface area contributed by atoms with Gasteiger partial charge in [-0.15, -0.1) is 0 Å². The fourth-order valence-corrected chi connectivity index (χ4v) is 6.25. The molecular formula is C24H26ClNO2. The van der Waals surface area contributed by atoms with Crippen molar-refractivity contribution in [1.82, 2.24) is 5.32 Å². The molecule has 28 heavy (non-hydrogen) atoms. The van der Waals surface area contributed by atoms with Gasteiger partial charge in [0.25, 0.3) is 0 Å². The zero-order valence-corrected chi connectivity index (χ0v) is 17.0. The summed E-state index contributed by atoms with van der Waals surface area (Å²) < 4.78 is 5.88. The lowest BCUT2D eigenvalue weighted by molar-refractivity contribution is -0.122. The molecule has 4 aliphatic carbocycles. The van der Waals surface area contributed by atoms with Gasteiger partial charge >= 0.3 is 0 Å². The molecule has 1 N–H and O–H groups in total. The summed E-state index contributed by atoms with van der Waals surface area (Å²) in [7, 11) is 0. The summed E-state index contributed by atoms with van der Waals surface area (Å²) in [6.07, 6.45) is 11.0. The van der Waals surface area contributed by atoms with Crippen molar-refractivity contribution < 1.29 is 9.21 Å². The van der Waals surface area contributed by atoms with Crippen molar-refractivity contribution in [3.8, 4) is 11.3 Å². The Bertz CT molecular complexity index is 907. The number of aryl methyl sites for hydroxylation is 1. The van der Waals surface area contributed by atoms with Crippen LogP contribution in [0.5, 0.6) is 0 Å². The third kappa shape index (κ3) is 3.41. The standard InChI is InChI=1S/C24H26ClNO2/c1-15-2-3-19(11-21(15)25)22-6-4-20(28-22)5-7-23(27)26-24-12-16-8-17(13-24)10-18(9-16)14-24/h2-7,11,16-18H,8-10,12-14H2,1H3,(H,26,27)/b7-5+. The normalized spacial score (nSPS) is 30.9. The molecule has 4 heteroatoms. The van der Waals surface area contributed by atoms with Crippen LogP contribution in [0.15, 0.2) is 40.8 Å². The maximum atomic E-state index is 12.6. The highest BCUT2D eigenvalue weighted by Crippen LogP contribution is 2.55. The summed E-state index contributed by atoms with van der Waals surface area (Å²) in [4.78, 5) is 12.6. The fourth-order valence-electron chi connectivity index (χ4n) is 6.07. The number of halogens is 1. The third-order valence-electron chi connectivity index (χ3n) is 6.91. The number of hydrogen-bond acceptors (Lipinski definition) is 2. The summed E-state index contributed by atoms with van der Waals surface area (Å²) in [6, 6.07) is 9.68. The molecule has 4 fully saturated rings. The van der Waals surface area contributed by atoms with Gasteiger partial charge in [-0.1, -0.05) is 23.7 Å². The van der Waals surface area contributed by atoms with Crippen LogP contribution in [-0.2, 0) is 4.79 Å². The van der Waals surface area contributed by atoms with Gasteiger partial charge in [0.05, 0.1) is 0 Å². The number of carbonyl (C=O) groups is 1. The number of rotatable bonds is 4. The second-order valence-corrected chi connectivity index (χ2v) is 9.59. The van der Waals surface area contributed by atoms with E-state index in [9.17, 15) is 4.79 Å². The Labute approximate surface area is 171 Å². The molecule has 4 bridgehead atoms. The highest BCUT2D eigenvalue weighted by atomic mass is 35.5. The fraction of sp³-hybridized carbons (Fsp3) is 0.458. The van der Waals surface area contributed by atoms with Crippen LogP contribution in [0.2, 0.25) is 5.02 Å². The minimum Gasteiger partial charge on any atom is -0.457 e. The second kappa shape index (κ2) is 6.81. The number of carbonyl (C=O) groups excluding carboxylic acids is 1. The maximum absolute atomic E-state index is 12.6. The lowest BCUT2D eigenvalue weighted by Crippen LogP contribution is -2.59. The lowest BCUT2D eigenvalue weighted by Gasteiger charge is -2.56. The van der Waals surface area contributed by atoms with Gasteiger partial charge in [0.2, 0.25) is 5.91 Å². The van der Waals surface area contributed by atoms with E-state index in [0.717, 1.165) is 39.7 Å². The molecule has 0 atom stereocenters. The first-order valence-corrected chi connectivity index (χ1v) is 10.7. The van der Waals surface area contributed by atoms with Crippen LogP contribution in [0.1, 0.15) is 49.8 Å². The molecule has 146 valence electrons. The quantitative estimate of drug-likeness (QED) is 0.644. The molecular weight excluding hydrogens is 370 g/mol. The molecule has 0 radical (unpaired) electrons. The second-order valence-electron chi connectivity index (χ2n) is 9.19. The van der Waals surface area contributed by atoms with Crippen LogP contribution < -0.4 is 5.32 Å². The molecule has 4 saturated carbocycles. The number of hydrogen-bond donors (Lipinski definition) is 1. The first-order chi connectivity index (χ1) is 13.5. The van der Waals surface area contributed by atoms with Crippen LogP contribution in [0.4, 0.5) is 0 Å². The van der Waals surface area contributed by atoms with Gasteiger partial charge in [-0.2, -0.15) is 0 Å². The summed E-state index contributed by atoms with van der Waals surface area (Å²) in [5, 5.41) is 4.09. The van der Waals surface area contributed by atoms with Gasteiger partial charge in [0.15, 0.2) is 0 Å². The smallest absolute Gasteiger partial charge is 0.244 e. The summed E-state index contributed by atoms with van der Waals surface area (Å²) >= 11 is 6.21. The summed E-state index contributed by atoms with van der Waals surface area (Å²) in [6.45, 7) is 1.98. The van der Waals surface area contributed by atoms with Gasteiger partial charge in [-0.25, -0.2) is 0 Å². The monoisotopic (exact) mass is 395 g/mol. The van der Waals surface area contributed by atoms with Gasteiger partial charge in [0.1, 0.15) is 11.5 Å². The molecule has 2 aromatic rings. The van der Waals surface area contributed by atoms with E-state index in [4.69, 9.17) is 16.0 Å². The highest BCUT2D eigenvalue weighted by Gasteiger charge is 2.51. The molecule has 0 aliphatic heterocycles. The Morgan fingerprint density at radius 2 is 1.79 bits per heavy atom. The Kier molecular flexibility index (Phi) is 4.39. The van der Waals surface area contributed by atoms with E-state index in [2.05, 4.69) is 5.32 Å². The Morgan fingerprint density at radius 3 is 2.43 bits per heavy atom.